The first-order chi connectivity index (χ1) is 6.36. The quantitative estimate of drug-likeness (QED) is 0.786. The van der Waals surface area contributed by atoms with Crippen LogP contribution in [-0.2, 0) is 9.53 Å². The standard InChI is InChI=1S/C12H24O3/c1-10(2,3)9(13)12(7,14)8-15-11(4,5)6/h14H,8H2,1-7H3. The van der Waals surface area contributed by atoms with Gasteiger partial charge in [0.05, 0.1) is 12.2 Å². The maximum absolute atomic E-state index is 11.9. The molecule has 0 saturated carbocycles. The van der Waals surface area contributed by atoms with Crippen molar-refractivity contribution in [3.05, 3.63) is 0 Å². The zero-order valence-corrected chi connectivity index (χ0v) is 11.0. The molecule has 1 atom stereocenters. The third-order valence-corrected chi connectivity index (χ3v) is 1.96. The minimum Gasteiger partial charge on any atom is -0.380 e. The van der Waals surface area contributed by atoms with Gasteiger partial charge in [0.2, 0.25) is 0 Å². The van der Waals surface area contributed by atoms with Gasteiger partial charge in [-0.1, -0.05) is 20.8 Å². The summed E-state index contributed by atoms with van der Waals surface area (Å²) >= 11 is 0. The molecule has 1 unspecified atom stereocenters. The predicted molar refractivity (Wildman–Crippen MR) is 60.8 cm³/mol. The maximum atomic E-state index is 11.9. The molecule has 0 radical (unpaired) electrons. The van der Waals surface area contributed by atoms with Gasteiger partial charge in [0.25, 0.3) is 0 Å². The van der Waals surface area contributed by atoms with Crippen molar-refractivity contribution in [2.45, 2.75) is 59.7 Å². The van der Waals surface area contributed by atoms with E-state index in [1.54, 1.807) is 20.8 Å². The molecule has 0 aromatic heterocycles. The van der Waals surface area contributed by atoms with Crippen molar-refractivity contribution in [1.29, 1.82) is 0 Å². The molecule has 0 aromatic carbocycles. The van der Waals surface area contributed by atoms with Crippen LogP contribution in [0.1, 0.15) is 48.5 Å². The van der Waals surface area contributed by atoms with E-state index in [0.29, 0.717) is 0 Å². The van der Waals surface area contributed by atoms with Crippen LogP contribution in [0.25, 0.3) is 0 Å². The van der Waals surface area contributed by atoms with Crippen molar-refractivity contribution >= 4 is 5.78 Å². The van der Waals surface area contributed by atoms with Gasteiger partial charge in [-0.2, -0.15) is 0 Å². The molecular formula is C12H24O3. The molecule has 0 bridgehead atoms. The van der Waals surface area contributed by atoms with E-state index in [1.807, 2.05) is 20.8 Å². The number of hydrogen-bond donors (Lipinski definition) is 1. The molecule has 0 aliphatic heterocycles. The van der Waals surface area contributed by atoms with Crippen LogP contribution in [0, 0.1) is 5.41 Å². The number of ketones is 1. The minimum atomic E-state index is -1.41. The predicted octanol–water partition coefficient (Wildman–Crippen LogP) is 2.17. The van der Waals surface area contributed by atoms with Crippen molar-refractivity contribution in [2.75, 3.05) is 6.61 Å². The second-order valence-electron chi connectivity index (χ2n) is 6.25. The molecule has 1 N–H and O–H groups in total. The summed E-state index contributed by atoms with van der Waals surface area (Å²) in [5.41, 5.74) is -2.31. The van der Waals surface area contributed by atoms with E-state index in [1.165, 1.54) is 6.92 Å². The van der Waals surface area contributed by atoms with Gasteiger partial charge in [-0.15, -0.1) is 0 Å². The number of ether oxygens (including phenoxy) is 1. The molecule has 3 nitrogen and oxygen atoms in total. The SMILES string of the molecule is CC(C)(C)OCC(C)(O)C(=O)C(C)(C)C. The van der Waals surface area contributed by atoms with Gasteiger partial charge in [0.1, 0.15) is 5.60 Å². The Kier molecular flexibility index (Phi) is 4.11. The lowest BCUT2D eigenvalue weighted by Crippen LogP contribution is -2.47. The van der Waals surface area contributed by atoms with Gasteiger partial charge in [-0.25, -0.2) is 0 Å². The van der Waals surface area contributed by atoms with Gasteiger partial charge < -0.3 is 9.84 Å². The highest BCUT2D eigenvalue weighted by Gasteiger charge is 2.39. The number of aliphatic hydroxyl groups is 1. The first-order valence-corrected chi connectivity index (χ1v) is 5.27. The van der Waals surface area contributed by atoms with Crippen molar-refractivity contribution in [3.8, 4) is 0 Å². The van der Waals surface area contributed by atoms with Gasteiger partial charge >= 0.3 is 0 Å². The van der Waals surface area contributed by atoms with E-state index in [4.69, 9.17) is 4.74 Å². The Morgan fingerprint density at radius 1 is 1.07 bits per heavy atom. The molecule has 90 valence electrons. The van der Waals surface area contributed by atoms with Crippen molar-refractivity contribution in [1.82, 2.24) is 0 Å². The average Bonchev–Trinajstić information content (AvgIpc) is 1.97. The van der Waals surface area contributed by atoms with Crippen molar-refractivity contribution < 1.29 is 14.6 Å². The number of hydrogen-bond acceptors (Lipinski definition) is 3. The third kappa shape index (κ3) is 5.28. The zero-order chi connectivity index (χ0) is 12.5. The van der Waals surface area contributed by atoms with E-state index in [-0.39, 0.29) is 18.0 Å². The van der Waals surface area contributed by atoms with Gasteiger partial charge in [0.15, 0.2) is 5.78 Å². The average molecular weight is 216 g/mol. The molecule has 0 aromatic rings. The topological polar surface area (TPSA) is 46.5 Å². The summed E-state index contributed by atoms with van der Waals surface area (Å²) in [6, 6.07) is 0. The highest BCUT2D eigenvalue weighted by atomic mass is 16.5. The van der Waals surface area contributed by atoms with Crippen molar-refractivity contribution in [3.63, 3.8) is 0 Å². The molecule has 0 aliphatic rings. The molecule has 0 amide bonds. The highest BCUT2D eigenvalue weighted by Crippen LogP contribution is 2.24. The van der Waals surface area contributed by atoms with E-state index >= 15 is 0 Å². The molecule has 0 spiro atoms. The monoisotopic (exact) mass is 216 g/mol. The number of carbonyl (C=O) groups excluding carboxylic acids is 1. The van der Waals surface area contributed by atoms with Gasteiger partial charge in [-0.3, -0.25) is 4.79 Å². The Morgan fingerprint density at radius 2 is 1.47 bits per heavy atom. The maximum Gasteiger partial charge on any atom is 0.171 e. The van der Waals surface area contributed by atoms with Crippen LogP contribution < -0.4 is 0 Å². The lowest BCUT2D eigenvalue weighted by Gasteiger charge is -2.32. The van der Waals surface area contributed by atoms with Crippen LogP contribution in [0.4, 0.5) is 0 Å². The smallest absolute Gasteiger partial charge is 0.171 e. The summed E-state index contributed by atoms with van der Waals surface area (Å²) in [7, 11) is 0. The Labute approximate surface area is 92.8 Å². The first kappa shape index (κ1) is 14.6. The fourth-order valence-electron chi connectivity index (χ4n) is 1.23. The molecule has 0 heterocycles. The Hall–Kier alpha value is -0.410. The molecule has 0 fully saturated rings. The number of rotatable bonds is 3. The summed E-state index contributed by atoms with van der Waals surface area (Å²) in [6.07, 6.45) is 0. The molecule has 15 heavy (non-hydrogen) atoms. The second-order valence-corrected chi connectivity index (χ2v) is 6.25. The van der Waals surface area contributed by atoms with Crippen LogP contribution in [0.15, 0.2) is 0 Å². The molecule has 0 saturated heterocycles. The summed E-state index contributed by atoms with van der Waals surface area (Å²) < 4.78 is 5.44. The van der Waals surface area contributed by atoms with Crippen LogP contribution in [-0.4, -0.2) is 28.7 Å². The van der Waals surface area contributed by atoms with E-state index in [0.717, 1.165) is 0 Å². The summed E-state index contributed by atoms with van der Waals surface area (Å²) in [5.74, 6) is -0.195. The van der Waals surface area contributed by atoms with Crippen LogP contribution >= 0.6 is 0 Å². The van der Waals surface area contributed by atoms with Crippen LogP contribution in [0.3, 0.4) is 0 Å². The van der Waals surface area contributed by atoms with E-state index in [2.05, 4.69) is 0 Å². The summed E-state index contributed by atoms with van der Waals surface area (Å²) in [4.78, 5) is 11.9. The Bertz CT molecular complexity index is 228. The normalized spacial score (nSPS) is 17.3. The van der Waals surface area contributed by atoms with Crippen molar-refractivity contribution in [2.24, 2.45) is 5.41 Å². The Morgan fingerprint density at radius 3 is 1.73 bits per heavy atom. The molecule has 3 heteroatoms. The number of Topliss-reactive ketones (excluding diaryl/α,β-unsaturated/α-hetero) is 1. The third-order valence-electron chi connectivity index (χ3n) is 1.96. The van der Waals surface area contributed by atoms with E-state index in [9.17, 15) is 9.90 Å². The van der Waals surface area contributed by atoms with E-state index < -0.39 is 11.0 Å². The van der Waals surface area contributed by atoms with Crippen LogP contribution in [0.5, 0.6) is 0 Å². The van der Waals surface area contributed by atoms with Gasteiger partial charge in [0, 0.05) is 5.41 Å². The lowest BCUT2D eigenvalue weighted by atomic mass is 9.81. The molecule has 0 rings (SSSR count). The zero-order valence-electron chi connectivity index (χ0n) is 11.0. The fraction of sp³-hybridized carbons (Fsp3) is 0.917. The van der Waals surface area contributed by atoms with Crippen LogP contribution in [0.2, 0.25) is 0 Å². The summed E-state index contributed by atoms with van der Waals surface area (Å²) in [6.45, 7) is 12.6. The lowest BCUT2D eigenvalue weighted by molar-refractivity contribution is -0.156. The highest BCUT2D eigenvalue weighted by molar-refractivity contribution is 5.91. The Balaban J connectivity index is 4.50. The first-order valence-electron chi connectivity index (χ1n) is 5.27. The summed E-state index contributed by atoms with van der Waals surface area (Å²) in [5, 5.41) is 10.0. The minimum absolute atomic E-state index is 0.0343. The fourth-order valence-corrected chi connectivity index (χ4v) is 1.23. The largest absolute Gasteiger partial charge is 0.380 e. The van der Waals surface area contributed by atoms with Gasteiger partial charge in [-0.05, 0) is 27.7 Å². The molecule has 0 aliphatic carbocycles. The second kappa shape index (κ2) is 4.22. The number of carbonyl (C=O) groups is 1. The molecular weight excluding hydrogens is 192 g/mol.